The lowest BCUT2D eigenvalue weighted by molar-refractivity contribution is -0.842. The van der Waals surface area contributed by atoms with E-state index in [9.17, 15) is 45.3 Å². The fraction of sp³-hybridized carbons (Fsp3) is 0.500. The molecule has 0 radical (unpaired) electrons. The minimum atomic E-state index is -1.70. The standard InChI is InChI=1S/C24H31NO12/c1-2-14-15(4-3-12-7-13(21(31)32)9-25(8-12)5-6-26)16(22(33)34)11-35-23(14)37-24-20(30)19(29)18(28)17(10-27)36-24/h2-4,7-8,11,14-15,17-20,23-24,26-30H,1,5-6,9-10H2,(H,31,32)(H,33,34)/p+1. The predicted octanol–water partition coefficient (Wildman–Crippen LogP) is -3.11. The summed E-state index contributed by atoms with van der Waals surface area (Å²) in [6.45, 7) is 3.37. The smallest absolute Gasteiger partial charge is 0.337 e. The fourth-order valence-corrected chi connectivity index (χ4v) is 4.38. The molecule has 0 saturated carbocycles. The number of aliphatic carboxylic acids is 2. The van der Waals surface area contributed by atoms with Gasteiger partial charge in [-0.3, -0.25) is 0 Å². The zero-order valence-electron chi connectivity index (χ0n) is 19.8. The van der Waals surface area contributed by atoms with E-state index >= 15 is 0 Å². The maximum atomic E-state index is 11.9. The molecule has 0 aromatic heterocycles. The third-order valence-electron chi connectivity index (χ3n) is 6.39. The van der Waals surface area contributed by atoms with Crippen LogP contribution >= 0.6 is 0 Å². The number of ether oxygens (including phenoxy) is 3. The van der Waals surface area contributed by atoms with E-state index in [2.05, 4.69) is 6.58 Å². The molecule has 3 aliphatic heterocycles. The van der Waals surface area contributed by atoms with Crippen molar-refractivity contribution in [3.8, 4) is 0 Å². The molecule has 0 aliphatic carbocycles. The fourth-order valence-electron chi connectivity index (χ4n) is 4.38. The number of carboxylic acids is 2. The maximum absolute atomic E-state index is 11.9. The molecule has 9 atom stereocenters. The van der Waals surface area contributed by atoms with Gasteiger partial charge in [-0.05, 0) is 6.08 Å². The molecule has 37 heavy (non-hydrogen) atoms. The minimum Gasteiger partial charge on any atom is -0.478 e. The molecular weight excluding hydrogens is 494 g/mol. The Labute approximate surface area is 212 Å². The second-order valence-corrected chi connectivity index (χ2v) is 8.84. The molecular formula is C24H32NO12+. The van der Waals surface area contributed by atoms with Gasteiger partial charge >= 0.3 is 11.9 Å². The van der Waals surface area contributed by atoms with Crippen molar-refractivity contribution in [2.75, 3.05) is 26.3 Å². The summed E-state index contributed by atoms with van der Waals surface area (Å²) in [4.78, 5) is 24.2. The van der Waals surface area contributed by atoms with Crippen LogP contribution in [-0.2, 0) is 23.8 Å². The number of carbonyl (C=O) groups is 2. The first-order valence-electron chi connectivity index (χ1n) is 11.6. The minimum absolute atomic E-state index is 0.121. The van der Waals surface area contributed by atoms with Crippen molar-refractivity contribution >= 4 is 11.9 Å². The van der Waals surface area contributed by atoms with Gasteiger partial charge in [0.15, 0.2) is 6.29 Å². The molecule has 13 heteroatoms. The van der Waals surface area contributed by atoms with Gasteiger partial charge in [0, 0.05) is 11.5 Å². The third kappa shape index (κ3) is 6.52. The van der Waals surface area contributed by atoms with Gasteiger partial charge in [-0.25, -0.2) is 9.59 Å². The quantitative estimate of drug-likeness (QED) is 0.133. The van der Waals surface area contributed by atoms with Crippen molar-refractivity contribution in [2.24, 2.45) is 11.8 Å². The number of carboxylic acid groups (broad SMARTS) is 2. The molecule has 3 aliphatic rings. The summed E-state index contributed by atoms with van der Waals surface area (Å²) < 4.78 is 16.5. The highest BCUT2D eigenvalue weighted by Gasteiger charge is 2.47. The number of aliphatic hydroxyl groups is 5. The summed E-state index contributed by atoms with van der Waals surface area (Å²) in [6, 6.07) is 0. The topological polar surface area (TPSA) is 208 Å². The van der Waals surface area contributed by atoms with Gasteiger partial charge in [0.1, 0.15) is 43.7 Å². The van der Waals surface area contributed by atoms with Crippen LogP contribution in [0.25, 0.3) is 0 Å². The van der Waals surface area contributed by atoms with E-state index in [4.69, 9.17) is 14.2 Å². The molecule has 1 saturated heterocycles. The Kier molecular flexibility index (Phi) is 9.75. The first-order valence-corrected chi connectivity index (χ1v) is 11.6. The lowest BCUT2D eigenvalue weighted by Gasteiger charge is -2.42. The first-order chi connectivity index (χ1) is 17.6. The van der Waals surface area contributed by atoms with Gasteiger partial charge in [0.05, 0.1) is 36.5 Å². The number of nitrogens with one attached hydrogen (secondary N) is 1. The van der Waals surface area contributed by atoms with Crippen LogP contribution in [0.3, 0.4) is 0 Å². The Hall–Kier alpha value is -2.88. The average Bonchev–Trinajstić information content (AvgIpc) is 2.87. The van der Waals surface area contributed by atoms with Gasteiger partial charge in [-0.1, -0.05) is 18.2 Å². The van der Waals surface area contributed by atoms with Crippen LogP contribution in [0.5, 0.6) is 0 Å². The number of quaternary nitrogens is 1. The maximum Gasteiger partial charge on any atom is 0.337 e. The van der Waals surface area contributed by atoms with E-state index in [-0.39, 0.29) is 30.8 Å². The third-order valence-corrected chi connectivity index (χ3v) is 6.39. The lowest BCUT2D eigenvalue weighted by atomic mass is 9.83. The van der Waals surface area contributed by atoms with Crippen LogP contribution < -0.4 is 4.90 Å². The molecule has 9 unspecified atom stereocenters. The van der Waals surface area contributed by atoms with Crippen molar-refractivity contribution in [3.63, 3.8) is 0 Å². The van der Waals surface area contributed by atoms with E-state index in [0.29, 0.717) is 10.5 Å². The van der Waals surface area contributed by atoms with Gasteiger partial charge < -0.3 is 54.9 Å². The van der Waals surface area contributed by atoms with Crippen LogP contribution in [0.2, 0.25) is 0 Å². The molecule has 0 amide bonds. The average molecular weight is 527 g/mol. The normalized spacial score (nSPS) is 36.2. The predicted molar refractivity (Wildman–Crippen MR) is 123 cm³/mol. The molecule has 0 bridgehead atoms. The van der Waals surface area contributed by atoms with E-state index in [1.54, 1.807) is 12.3 Å². The van der Waals surface area contributed by atoms with E-state index in [1.165, 1.54) is 18.2 Å². The number of allylic oxidation sites excluding steroid dienone is 4. The Morgan fingerprint density at radius 2 is 1.84 bits per heavy atom. The van der Waals surface area contributed by atoms with E-state index < -0.39 is 67.4 Å². The van der Waals surface area contributed by atoms with Gasteiger partial charge in [0.25, 0.3) is 0 Å². The summed E-state index contributed by atoms with van der Waals surface area (Å²) in [6.07, 6.45) is -0.330. The molecule has 3 heterocycles. The highest BCUT2D eigenvalue weighted by atomic mass is 16.8. The molecule has 3 rings (SSSR count). The zero-order chi connectivity index (χ0) is 27.3. The summed E-state index contributed by atoms with van der Waals surface area (Å²) in [7, 11) is 0. The highest BCUT2D eigenvalue weighted by molar-refractivity contribution is 5.88. The number of rotatable bonds is 10. The van der Waals surface area contributed by atoms with Crippen LogP contribution in [0.15, 0.2) is 60.1 Å². The molecule has 0 aromatic carbocycles. The van der Waals surface area contributed by atoms with Crippen molar-refractivity contribution in [1.82, 2.24) is 0 Å². The Bertz CT molecular complexity index is 986. The summed E-state index contributed by atoms with van der Waals surface area (Å²) >= 11 is 0. The number of hydrogen-bond acceptors (Lipinski definition) is 10. The lowest BCUT2D eigenvalue weighted by Crippen LogP contribution is -3.09. The van der Waals surface area contributed by atoms with Crippen LogP contribution in [0.4, 0.5) is 0 Å². The molecule has 204 valence electrons. The Balaban J connectivity index is 1.87. The van der Waals surface area contributed by atoms with Gasteiger partial charge in [-0.15, -0.1) is 6.58 Å². The monoisotopic (exact) mass is 526 g/mol. The Morgan fingerprint density at radius 3 is 2.43 bits per heavy atom. The number of hydrogen-bond donors (Lipinski definition) is 8. The summed E-state index contributed by atoms with van der Waals surface area (Å²) in [5, 5.41) is 68.1. The molecule has 0 aromatic rings. The zero-order valence-corrected chi connectivity index (χ0v) is 19.8. The second kappa shape index (κ2) is 12.6. The SMILES string of the molecule is C=CC1C(OC2OC(CO)C(O)C(O)C2O)OC=C(C(=O)O)C1C=CC1=C[NH+](CCO)CC(C(=O)O)=C1. The van der Waals surface area contributed by atoms with E-state index in [0.717, 1.165) is 6.26 Å². The van der Waals surface area contributed by atoms with Crippen LogP contribution in [0.1, 0.15) is 0 Å². The van der Waals surface area contributed by atoms with Gasteiger partial charge in [-0.2, -0.15) is 0 Å². The highest BCUT2D eigenvalue weighted by Crippen LogP contribution is 2.36. The Morgan fingerprint density at radius 1 is 1.11 bits per heavy atom. The first kappa shape index (κ1) is 28.7. The molecule has 13 nitrogen and oxygen atoms in total. The van der Waals surface area contributed by atoms with Gasteiger partial charge in [0.2, 0.25) is 6.29 Å². The van der Waals surface area contributed by atoms with Crippen LogP contribution in [-0.4, -0.2) is 111 Å². The van der Waals surface area contributed by atoms with Crippen molar-refractivity contribution in [2.45, 2.75) is 37.0 Å². The second-order valence-electron chi connectivity index (χ2n) is 8.84. The number of aliphatic hydroxyl groups excluding tert-OH is 5. The molecule has 8 N–H and O–H groups in total. The van der Waals surface area contributed by atoms with Crippen molar-refractivity contribution in [3.05, 3.63) is 60.1 Å². The largest absolute Gasteiger partial charge is 0.478 e. The van der Waals surface area contributed by atoms with Crippen molar-refractivity contribution < 1.29 is 64.4 Å². The molecule has 0 spiro atoms. The molecule has 1 fully saturated rings. The van der Waals surface area contributed by atoms with Crippen molar-refractivity contribution in [1.29, 1.82) is 0 Å². The van der Waals surface area contributed by atoms with E-state index in [1.807, 2.05) is 0 Å². The van der Waals surface area contributed by atoms with Crippen LogP contribution in [0, 0.1) is 11.8 Å². The summed E-state index contributed by atoms with van der Waals surface area (Å²) in [5.41, 5.74) is 0.460. The summed E-state index contributed by atoms with van der Waals surface area (Å²) in [5.74, 6) is -4.10.